The lowest BCUT2D eigenvalue weighted by Gasteiger charge is -2.43. The zero-order valence-corrected chi connectivity index (χ0v) is 18.0. The third-order valence-electron chi connectivity index (χ3n) is 6.41. The van der Waals surface area contributed by atoms with Crippen molar-refractivity contribution in [2.24, 2.45) is 0 Å². The normalized spacial score (nSPS) is 18.4. The molecule has 0 bridgehead atoms. The van der Waals surface area contributed by atoms with Gasteiger partial charge in [-0.25, -0.2) is 0 Å². The van der Waals surface area contributed by atoms with Crippen molar-refractivity contribution in [2.45, 2.75) is 83.8 Å². The van der Waals surface area contributed by atoms with E-state index >= 15 is 0 Å². The highest BCUT2D eigenvalue weighted by molar-refractivity contribution is 5.33. The molecule has 2 atom stereocenters. The number of hydrogen-bond acceptors (Lipinski definition) is 2. The molecule has 0 aliphatic heterocycles. The van der Waals surface area contributed by atoms with Crippen molar-refractivity contribution >= 4 is 0 Å². The van der Waals surface area contributed by atoms with Crippen molar-refractivity contribution in [3.63, 3.8) is 0 Å². The van der Waals surface area contributed by atoms with E-state index in [1.807, 2.05) is 0 Å². The van der Waals surface area contributed by atoms with Crippen molar-refractivity contribution < 1.29 is 9.47 Å². The molecule has 0 radical (unpaired) electrons. The van der Waals surface area contributed by atoms with Crippen LogP contribution in [0.15, 0.2) is 48.5 Å². The quantitative estimate of drug-likeness (QED) is 0.453. The van der Waals surface area contributed by atoms with E-state index in [1.54, 1.807) is 0 Å². The molecular formula is C26H36O2. The maximum Gasteiger partial charge on any atom is 0.209 e. The van der Waals surface area contributed by atoms with Crippen LogP contribution in [0.25, 0.3) is 0 Å². The molecule has 0 amide bonds. The van der Waals surface area contributed by atoms with Gasteiger partial charge in [0.1, 0.15) is 5.75 Å². The first-order valence-electron chi connectivity index (χ1n) is 11.0. The summed E-state index contributed by atoms with van der Waals surface area (Å²) in [4.78, 5) is 0. The van der Waals surface area contributed by atoms with Gasteiger partial charge in [-0.1, -0.05) is 75.1 Å². The summed E-state index contributed by atoms with van der Waals surface area (Å²) in [6, 6.07) is 17.6. The second-order valence-electron chi connectivity index (χ2n) is 8.37. The molecule has 2 unspecified atom stereocenters. The standard InChI is InChI=1S/C26H36O2/c1-5-21(4)22-13-15-24(16-14-22)28-25(27-6-2)26(17-8-7-9-18-26)23-12-10-11-20(3)19-23/h10-16,19,21,25H,5-9,17-18H2,1-4H3. The number of aryl methyl sites for hydroxylation is 1. The van der Waals surface area contributed by atoms with Gasteiger partial charge in [0.05, 0.1) is 5.41 Å². The molecule has 0 aromatic heterocycles. The fourth-order valence-corrected chi connectivity index (χ4v) is 4.49. The Morgan fingerprint density at radius 3 is 2.29 bits per heavy atom. The van der Waals surface area contributed by atoms with Gasteiger partial charge >= 0.3 is 0 Å². The number of ether oxygens (including phenoxy) is 2. The summed E-state index contributed by atoms with van der Waals surface area (Å²) in [5.41, 5.74) is 3.96. The van der Waals surface area contributed by atoms with Gasteiger partial charge in [0.15, 0.2) is 0 Å². The SMILES string of the molecule is CCOC(Oc1ccc(C(C)CC)cc1)C1(c2cccc(C)c2)CCCCC1. The highest BCUT2D eigenvalue weighted by atomic mass is 16.7. The molecule has 2 heteroatoms. The maximum absolute atomic E-state index is 6.54. The monoisotopic (exact) mass is 380 g/mol. The largest absolute Gasteiger partial charge is 0.464 e. The molecule has 2 aromatic rings. The fourth-order valence-electron chi connectivity index (χ4n) is 4.49. The van der Waals surface area contributed by atoms with Crippen LogP contribution in [-0.2, 0) is 10.2 Å². The summed E-state index contributed by atoms with van der Waals surface area (Å²) in [5.74, 6) is 1.48. The van der Waals surface area contributed by atoms with Crippen LogP contribution in [-0.4, -0.2) is 12.9 Å². The van der Waals surface area contributed by atoms with Gasteiger partial charge in [0.25, 0.3) is 0 Å². The molecule has 0 spiro atoms. The minimum Gasteiger partial charge on any atom is -0.464 e. The summed E-state index contributed by atoms with van der Waals surface area (Å²) in [6.45, 7) is 9.39. The molecule has 1 fully saturated rings. The number of hydrogen-bond donors (Lipinski definition) is 0. The minimum atomic E-state index is -0.256. The predicted molar refractivity (Wildman–Crippen MR) is 117 cm³/mol. The zero-order chi connectivity index (χ0) is 20.0. The molecule has 2 aromatic carbocycles. The molecule has 0 heterocycles. The fraction of sp³-hybridized carbons (Fsp3) is 0.538. The van der Waals surface area contributed by atoms with Gasteiger partial charge in [-0.05, 0) is 62.3 Å². The average Bonchev–Trinajstić information content (AvgIpc) is 2.74. The maximum atomic E-state index is 6.54. The van der Waals surface area contributed by atoms with Gasteiger partial charge in [-0.3, -0.25) is 0 Å². The van der Waals surface area contributed by atoms with Crippen molar-refractivity contribution in [1.82, 2.24) is 0 Å². The van der Waals surface area contributed by atoms with Crippen LogP contribution in [0.4, 0.5) is 0 Å². The summed E-state index contributed by atoms with van der Waals surface area (Å²) < 4.78 is 12.8. The lowest BCUT2D eigenvalue weighted by Crippen LogP contribution is -2.46. The highest BCUT2D eigenvalue weighted by Gasteiger charge is 2.44. The van der Waals surface area contributed by atoms with Crippen molar-refractivity contribution in [3.05, 3.63) is 65.2 Å². The molecule has 1 aliphatic rings. The van der Waals surface area contributed by atoms with Crippen LogP contribution in [0.5, 0.6) is 5.75 Å². The average molecular weight is 381 g/mol. The summed E-state index contributed by atoms with van der Waals surface area (Å²) >= 11 is 0. The molecule has 3 rings (SSSR count). The molecule has 1 saturated carbocycles. The van der Waals surface area contributed by atoms with Crippen LogP contribution in [0, 0.1) is 6.92 Å². The van der Waals surface area contributed by atoms with E-state index in [1.165, 1.54) is 36.0 Å². The van der Waals surface area contributed by atoms with E-state index in [9.17, 15) is 0 Å². The molecule has 0 N–H and O–H groups in total. The van der Waals surface area contributed by atoms with Crippen LogP contribution in [0.3, 0.4) is 0 Å². The molecule has 0 saturated heterocycles. The molecule has 1 aliphatic carbocycles. The topological polar surface area (TPSA) is 18.5 Å². The number of benzene rings is 2. The smallest absolute Gasteiger partial charge is 0.209 e. The van der Waals surface area contributed by atoms with Gasteiger partial charge < -0.3 is 9.47 Å². The lowest BCUT2D eigenvalue weighted by molar-refractivity contribution is -0.135. The van der Waals surface area contributed by atoms with Crippen LogP contribution < -0.4 is 4.74 Å². The third kappa shape index (κ3) is 4.60. The van der Waals surface area contributed by atoms with Gasteiger partial charge in [-0.15, -0.1) is 0 Å². The van der Waals surface area contributed by atoms with E-state index in [4.69, 9.17) is 9.47 Å². The van der Waals surface area contributed by atoms with Crippen molar-refractivity contribution in [2.75, 3.05) is 6.61 Å². The van der Waals surface area contributed by atoms with E-state index in [2.05, 4.69) is 76.2 Å². The molecule has 2 nitrogen and oxygen atoms in total. The Labute approximate surface area is 171 Å². The Balaban J connectivity index is 1.91. The second-order valence-corrected chi connectivity index (χ2v) is 8.37. The minimum absolute atomic E-state index is 0.0737. The Bertz CT molecular complexity index is 728. The first-order valence-corrected chi connectivity index (χ1v) is 11.0. The van der Waals surface area contributed by atoms with Crippen LogP contribution in [0.2, 0.25) is 0 Å². The second kappa shape index (κ2) is 9.60. The Kier molecular flexibility index (Phi) is 7.18. The van der Waals surface area contributed by atoms with E-state index < -0.39 is 0 Å². The first kappa shape index (κ1) is 20.9. The number of rotatable bonds is 8. The predicted octanol–water partition coefficient (Wildman–Crippen LogP) is 7.15. The van der Waals surface area contributed by atoms with E-state index in [-0.39, 0.29) is 11.7 Å². The Morgan fingerprint density at radius 1 is 0.964 bits per heavy atom. The summed E-state index contributed by atoms with van der Waals surface area (Å²) in [6.07, 6.45) is 6.89. The molecule has 28 heavy (non-hydrogen) atoms. The van der Waals surface area contributed by atoms with Crippen molar-refractivity contribution in [3.8, 4) is 5.75 Å². The Morgan fingerprint density at radius 2 is 1.68 bits per heavy atom. The van der Waals surface area contributed by atoms with Crippen LogP contribution in [0.1, 0.15) is 81.9 Å². The van der Waals surface area contributed by atoms with E-state index in [0.29, 0.717) is 12.5 Å². The van der Waals surface area contributed by atoms with E-state index in [0.717, 1.165) is 25.0 Å². The lowest BCUT2D eigenvalue weighted by atomic mass is 9.68. The van der Waals surface area contributed by atoms with Crippen molar-refractivity contribution in [1.29, 1.82) is 0 Å². The van der Waals surface area contributed by atoms with Crippen LogP contribution >= 0.6 is 0 Å². The molecular weight excluding hydrogens is 344 g/mol. The van der Waals surface area contributed by atoms with Gasteiger partial charge in [0.2, 0.25) is 6.29 Å². The highest BCUT2D eigenvalue weighted by Crippen LogP contribution is 2.44. The summed E-state index contributed by atoms with van der Waals surface area (Å²) in [5, 5.41) is 0. The summed E-state index contributed by atoms with van der Waals surface area (Å²) in [7, 11) is 0. The van der Waals surface area contributed by atoms with Gasteiger partial charge in [0, 0.05) is 6.61 Å². The third-order valence-corrected chi connectivity index (χ3v) is 6.41. The van der Waals surface area contributed by atoms with Gasteiger partial charge in [-0.2, -0.15) is 0 Å². The molecule has 152 valence electrons. The Hall–Kier alpha value is -1.80. The zero-order valence-electron chi connectivity index (χ0n) is 18.0. The first-order chi connectivity index (χ1) is 13.6.